The van der Waals surface area contributed by atoms with Crippen molar-refractivity contribution >= 4 is 11.3 Å². The SMILES string of the molecule is CC(C)(C)c1ccc(OCc2cn(Cc3nccs3)nn2)cc1. The fourth-order valence-electron chi connectivity index (χ4n) is 2.16. The molecule has 3 aromatic rings. The molecule has 2 heterocycles. The van der Waals surface area contributed by atoms with Gasteiger partial charge in [0.15, 0.2) is 0 Å². The highest BCUT2D eigenvalue weighted by molar-refractivity contribution is 7.09. The minimum Gasteiger partial charge on any atom is -0.487 e. The molecule has 2 aromatic heterocycles. The van der Waals surface area contributed by atoms with Gasteiger partial charge in [-0.1, -0.05) is 38.1 Å². The molecule has 5 nitrogen and oxygen atoms in total. The molecule has 0 aliphatic carbocycles. The molecule has 0 atom stereocenters. The van der Waals surface area contributed by atoms with Gasteiger partial charge in [-0.3, -0.25) is 0 Å². The van der Waals surface area contributed by atoms with Crippen molar-refractivity contribution in [2.75, 3.05) is 0 Å². The van der Waals surface area contributed by atoms with Gasteiger partial charge < -0.3 is 4.74 Å². The molecule has 3 rings (SSSR count). The van der Waals surface area contributed by atoms with E-state index in [-0.39, 0.29) is 5.41 Å². The Morgan fingerprint density at radius 2 is 1.96 bits per heavy atom. The van der Waals surface area contributed by atoms with Gasteiger partial charge in [0.25, 0.3) is 0 Å². The van der Waals surface area contributed by atoms with E-state index in [0.717, 1.165) is 16.5 Å². The second kappa shape index (κ2) is 6.50. The Bertz CT molecular complexity index is 742. The third kappa shape index (κ3) is 4.16. The first-order valence-corrected chi connectivity index (χ1v) is 8.39. The number of nitrogens with zero attached hydrogens (tertiary/aromatic N) is 4. The highest BCUT2D eigenvalue weighted by Crippen LogP contribution is 2.24. The third-order valence-electron chi connectivity index (χ3n) is 3.47. The first-order chi connectivity index (χ1) is 11.0. The summed E-state index contributed by atoms with van der Waals surface area (Å²) >= 11 is 1.61. The zero-order valence-electron chi connectivity index (χ0n) is 13.6. The smallest absolute Gasteiger partial charge is 0.134 e. The lowest BCUT2D eigenvalue weighted by Gasteiger charge is -2.19. The van der Waals surface area contributed by atoms with Crippen molar-refractivity contribution in [1.29, 1.82) is 0 Å². The Kier molecular flexibility index (Phi) is 4.43. The molecule has 0 aliphatic rings. The van der Waals surface area contributed by atoms with E-state index < -0.39 is 0 Å². The Labute approximate surface area is 140 Å². The van der Waals surface area contributed by atoms with Crippen molar-refractivity contribution in [3.8, 4) is 5.75 Å². The van der Waals surface area contributed by atoms with Crippen LogP contribution in [0.15, 0.2) is 42.0 Å². The maximum absolute atomic E-state index is 5.78. The summed E-state index contributed by atoms with van der Waals surface area (Å²) in [7, 11) is 0. The number of rotatable bonds is 5. The van der Waals surface area contributed by atoms with Gasteiger partial charge in [0.2, 0.25) is 0 Å². The van der Waals surface area contributed by atoms with Gasteiger partial charge in [-0.2, -0.15) is 0 Å². The van der Waals surface area contributed by atoms with Crippen molar-refractivity contribution in [2.24, 2.45) is 0 Å². The molecule has 6 heteroatoms. The summed E-state index contributed by atoms with van der Waals surface area (Å²) in [5.41, 5.74) is 2.25. The normalized spacial score (nSPS) is 11.6. The molecule has 0 saturated heterocycles. The molecule has 0 saturated carbocycles. The fourth-order valence-corrected chi connectivity index (χ4v) is 2.77. The van der Waals surface area contributed by atoms with Crippen molar-refractivity contribution in [2.45, 2.75) is 39.3 Å². The highest BCUT2D eigenvalue weighted by atomic mass is 32.1. The second-order valence-electron chi connectivity index (χ2n) is 6.40. The number of thiazole rings is 1. The Morgan fingerprint density at radius 3 is 2.61 bits per heavy atom. The zero-order valence-corrected chi connectivity index (χ0v) is 14.4. The van der Waals surface area contributed by atoms with Crippen LogP contribution < -0.4 is 4.74 Å². The number of aromatic nitrogens is 4. The largest absolute Gasteiger partial charge is 0.487 e. The van der Waals surface area contributed by atoms with E-state index >= 15 is 0 Å². The van der Waals surface area contributed by atoms with Crippen LogP contribution in [-0.2, 0) is 18.6 Å². The molecule has 23 heavy (non-hydrogen) atoms. The van der Waals surface area contributed by atoms with Crippen LogP contribution in [0.4, 0.5) is 0 Å². The average molecular weight is 328 g/mol. The predicted octanol–water partition coefficient (Wildman–Crippen LogP) is 3.66. The van der Waals surface area contributed by atoms with Gasteiger partial charge in [0, 0.05) is 11.6 Å². The van der Waals surface area contributed by atoms with Gasteiger partial charge in [-0.15, -0.1) is 16.4 Å². The topological polar surface area (TPSA) is 52.8 Å². The summed E-state index contributed by atoms with van der Waals surface area (Å²) in [5, 5.41) is 11.2. The maximum Gasteiger partial charge on any atom is 0.134 e. The van der Waals surface area contributed by atoms with E-state index in [1.807, 2.05) is 23.7 Å². The van der Waals surface area contributed by atoms with Crippen LogP contribution in [0.3, 0.4) is 0 Å². The molecule has 0 N–H and O–H groups in total. The zero-order chi connectivity index (χ0) is 16.3. The minimum atomic E-state index is 0.150. The quantitative estimate of drug-likeness (QED) is 0.717. The van der Waals surface area contributed by atoms with E-state index in [9.17, 15) is 0 Å². The first-order valence-electron chi connectivity index (χ1n) is 7.51. The number of benzene rings is 1. The van der Waals surface area contributed by atoms with E-state index in [1.54, 1.807) is 22.2 Å². The van der Waals surface area contributed by atoms with Gasteiger partial charge in [0.1, 0.15) is 23.1 Å². The van der Waals surface area contributed by atoms with Crippen LogP contribution in [0, 0.1) is 0 Å². The van der Waals surface area contributed by atoms with Crippen molar-refractivity contribution in [3.63, 3.8) is 0 Å². The lowest BCUT2D eigenvalue weighted by molar-refractivity contribution is 0.301. The van der Waals surface area contributed by atoms with Crippen molar-refractivity contribution in [3.05, 3.63) is 58.3 Å². The monoisotopic (exact) mass is 328 g/mol. The average Bonchev–Trinajstić information content (AvgIpc) is 3.17. The molecule has 0 amide bonds. The lowest BCUT2D eigenvalue weighted by atomic mass is 9.87. The van der Waals surface area contributed by atoms with Crippen LogP contribution in [0.25, 0.3) is 0 Å². The van der Waals surface area contributed by atoms with Crippen LogP contribution >= 0.6 is 11.3 Å². The van der Waals surface area contributed by atoms with Gasteiger partial charge in [0.05, 0.1) is 12.7 Å². The molecule has 120 valence electrons. The summed E-state index contributed by atoms with van der Waals surface area (Å²) in [6.07, 6.45) is 3.69. The lowest BCUT2D eigenvalue weighted by Crippen LogP contribution is -2.10. The van der Waals surface area contributed by atoms with Crippen LogP contribution in [0.1, 0.15) is 37.0 Å². The Balaban J connectivity index is 1.57. The summed E-state index contributed by atoms with van der Waals surface area (Å²) in [6.45, 7) is 7.65. The van der Waals surface area contributed by atoms with Gasteiger partial charge >= 0.3 is 0 Å². The van der Waals surface area contributed by atoms with Crippen LogP contribution in [-0.4, -0.2) is 20.0 Å². The number of hydrogen-bond donors (Lipinski definition) is 0. The van der Waals surface area contributed by atoms with Crippen molar-refractivity contribution < 1.29 is 4.74 Å². The van der Waals surface area contributed by atoms with E-state index in [2.05, 4.69) is 48.2 Å². The Morgan fingerprint density at radius 1 is 1.17 bits per heavy atom. The van der Waals surface area contributed by atoms with Gasteiger partial charge in [-0.25, -0.2) is 9.67 Å². The van der Waals surface area contributed by atoms with Gasteiger partial charge in [-0.05, 0) is 23.1 Å². The second-order valence-corrected chi connectivity index (χ2v) is 7.38. The van der Waals surface area contributed by atoms with E-state index in [1.165, 1.54) is 5.56 Å². The summed E-state index contributed by atoms with van der Waals surface area (Å²) in [4.78, 5) is 4.24. The molecular formula is C17H20N4OS. The fraction of sp³-hybridized carbons (Fsp3) is 0.353. The van der Waals surface area contributed by atoms with E-state index in [0.29, 0.717) is 13.2 Å². The predicted molar refractivity (Wildman–Crippen MR) is 90.7 cm³/mol. The minimum absolute atomic E-state index is 0.150. The Hall–Kier alpha value is -2.21. The molecule has 0 bridgehead atoms. The summed E-state index contributed by atoms with van der Waals surface area (Å²) in [6, 6.07) is 8.21. The highest BCUT2D eigenvalue weighted by Gasteiger charge is 2.13. The molecule has 1 aromatic carbocycles. The van der Waals surface area contributed by atoms with Crippen molar-refractivity contribution in [1.82, 2.24) is 20.0 Å². The van der Waals surface area contributed by atoms with E-state index in [4.69, 9.17) is 4.74 Å². The summed E-state index contributed by atoms with van der Waals surface area (Å²) < 4.78 is 7.56. The molecule has 0 spiro atoms. The standard InChI is InChI=1S/C17H20N4OS/c1-17(2,3)13-4-6-15(7-5-13)22-12-14-10-21(20-19-14)11-16-18-8-9-23-16/h4-10H,11-12H2,1-3H3. The molecule has 0 aliphatic heterocycles. The van der Waals surface area contributed by atoms with Crippen LogP contribution in [0.5, 0.6) is 5.75 Å². The molecular weight excluding hydrogens is 308 g/mol. The third-order valence-corrected chi connectivity index (χ3v) is 4.24. The number of hydrogen-bond acceptors (Lipinski definition) is 5. The maximum atomic E-state index is 5.78. The molecule has 0 unspecified atom stereocenters. The first kappa shape index (κ1) is 15.7. The number of ether oxygens (including phenoxy) is 1. The summed E-state index contributed by atoms with van der Waals surface area (Å²) in [5.74, 6) is 0.840. The van der Waals surface area contributed by atoms with Crippen LogP contribution in [0.2, 0.25) is 0 Å². The molecule has 0 fully saturated rings. The molecule has 0 radical (unpaired) electrons.